The van der Waals surface area contributed by atoms with Gasteiger partial charge in [0.2, 0.25) is 0 Å². The molecule has 0 saturated heterocycles. The van der Waals surface area contributed by atoms with Crippen LogP contribution in [0.15, 0.2) is 48.7 Å². The third-order valence-electron chi connectivity index (χ3n) is 3.29. The Balaban J connectivity index is 1.92. The first-order chi connectivity index (χ1) is 10.0. The molecule has 3 aromatic rings. The van der Waals surface area contributed by atoms with Gasteiger partial charge in [0.15, 0.2) is 17.4 Å². The van der Waals surface area contributed by atoms with E-state index < -0.39 is 11.6 Å². The molecule has 0 atom stereocenters. The number of nitrogens with zero attached hydrogens (tertiary/aromatic N) is 1. The molecule has 0 aliphatic carbocycles. The lowest BCUT2D eigenvalue weighted by Crippen LogP contribution is -2.10. The van der Waals surface area contributed by atoms with Crippen LogP contribution in [0.5, 0.6) is 0 Å². The van der Waals surface area contributed by atoms with Gasteiger partial charge >= 0.3 is 0 Å². The minimum absolute atomic E-state index is 0.0366. The zero-order valence-electron chi connectivity index (χ0n) is 10.8. The standard InChI is InChI=1S/C16H10ClF2NO/c17-12-3-1-10-5-6-20(15(10)8-12)9-16(21)11-2-4-13(18)14(19)7-11/h1-8H,9H2. The molecule has 1 aromatic heterocycles. The molecule has 0 aliphatic heterocycles. The highest BCUT2D eigenvalue weighted by Gasteiger charge is 2.12. The molecule has 0 aliphatic rings. The molecule has 0 fully saturated rings. The fraction of sp³-hybridized carbons (Fsp3) is 0.0625. The molecule has 0 saturated carbocycles. The number of carbonyl (C=O) groups excluding carboxylic acids is 1. The highest BCUT2D eigenvalue weighted by Crippen LogP contribution is 2.21. The summed E-state index contributed by atoms with van der Waals surface area (Å²) in [6.07, 6.45) is 1.76. The molecule has 0 bridgehead atoms. The Morgan fingerprint density at radius 2 is 1.86 bits per heavy atom. The van der Waals surface area contributed by atoms with Crippen LogP contribution in [-0.4, -0.2) is 10.4 Å². The Morgan fingerprint density at radius 3 is 2.62 bits per heavy atom. The van der Waals surface area contributed by atoms with Crippen LogP contribution in [0.4, 0.5) is 8.78 Å². The van der Waals surface area contributed by atoms with Crippen LogP contribution in [0.1, 0.15) is 10.4 Å². The number of rotatable bonds is 3. The normalized spacial score (nSPS) is 11.0. The molecule has 0 radical (unpaired) electrons. The number of hydrogen-bond donors (Lipinski definition) is 0. The van der Waals surface area contributed by atoms with E-state index in [9.17, 15) is 13.6 Å². The van der Waals surface area contributed by atoms with E-state index >= 15 is 0 Å². The number of hydrogen-bond acceptors (Lipinski definition) is 1. The number of fused-ring (bicyclic) bond motifs is 1. The van der Waals surface area contributed by atoms with Gasteiger partial charge in [0, 0.05) is 22.3 Å². The SMILES string of the molecule is O=C(Cn1ccc2ccc(Cl)cc21)c1ccc(F)c(F)c1. The third-order valence-corrected chi connectivity index (χ3v) is 3.53. The molecule has 21 heavy (non-hydrogen) atoms. The zero-order chi connectivity index (χ0) is 15.0. The molecule has 2 aromatic carbocycles. The Bertz CT molecular complexity index is 841. The van der Waals surface area contributed by atoms with E-state index in [4.69, 9.17) is 11.6 Å². The van der Waals surface area contributed by atoms with Crippen LogP contribution in [-0.2, 0) is 6.54 Å². The van der Waals surface area contributed by atoms with Gasteiger partial charge in [-0.15, -0.1) is 0 Å². The Hall–Kier alpha value is -2.20. The Kier molecular flexibility index (Phi) is 3.47. The molecular formula is C16H10ClF2NO. The molecule has 0 unspecified atom stereocenters. The van der Waals surface area contributed by atoms with Gasteiger partial charge in [0.1, 0.15) is 0 Å². The average Bonchev–Trinajstić information content (AvgIpc) is 2.84. The quantitative estimate of drug-likeness (QED) is 0.655. The predicted molar refractivity (Wildman–Crippen MR) is 77.6 cm³/mol. The molecular weight excluding hydrogens is 296 g/mol. The molecule has 2 nitrogen and oxygen atoms in total. The minimum Gasteiger partial charge on any atom is -0.340 e. The fourth-order valence-electron chi connectivity index (χ4n) is 2.21. The lowest BCUT2D eigenvalue weighted by atomic mass is 10.1. The molecule has 5 heteroatoms. The minimum atomic E-state index is -1.03. The summed E-state index contributed by atoms with van der Waals surface area (Å²) in [5.74, 6) is -2.29. The highest BCUT2D eigenvalue weighted by molar-refractivity contribution is 6.31. The van der Waals surface area contributed by atoms with Crippen molar-refractivity contribution in [3.8, 4) is 0 Å². The first-order valence-electron chi connectivity index (χ1n) is 6.27. The maximum atomic E-state index is 13.2. The average molecular weight is 306 g/mol. The van der Waals surface area contributed by atoms with E-state index in [1.54, 1.807) is 22.9 Å². The molecule has 0 amide bonds. The molecule has 3 rings (SSSR count). The first-order valence-corrected chi connectivity index (χ1v) is 6.65. The van der Waals surface area contributed by atoms with Crippen molar-refractivity contribution in [2.45, 2.75) is 6.54 Å². The van der Waals surface area contributed by atoms with Crippen molar-refractivity contribution < 1.29 is 13.6 Å². The molecule has 0 N–H and O–H groups in total. The van der Waals surface area contributed by atoms with Crippen LogP contribution in [0, 0.1) is 11.6 Å². The Morgan fingerprint density at radius 1 is 1.05 bits per heavy atom. The van der Waals surface area contributed by atoms with Crippen molar-refractivity contribution in [2.75, 3.05) is 0 Å². The second-order valence-electron chi connectivity index (χ2n) is 4.70. The first kappa shape index (κ1) is 13.8. The van der Waals surface area contributed by atoms with Crippen molar-refractivity contribution >= 4 is 28.3 Å². The van der Waals surface area contributed by atoms with Gasteiger partial charge in [-0.1, -0.05) is 17.7 Å². The van der Waals surface area contributed by atoms with Crippen molar-refractivity contribution in [3.05, 3.63) is 70.9 Å². The smallest absolute Gasteiger partial charge is 0.182 e. The number of halogens is 3. The number of benzene rings is 2. The van der Waals surface area contributed by atoms with Gasteiger partial charge in [-0.2, -0.15) is 0 Å². The van der Waals surface area contributed by atoms with Crippen LogP contribution >= 0.6 is 11.6 Å². The molecule has 0 spiro atoms. The monoisotopic (exact) mass is 305 g/mol. The van der Waals surface area contributed by atoms with E-state index in [0.717, 1.165) is 23.0 Å². The maximum absolute atomic E-state index is 13.2. The summed E-state index contributed by atoms with van der Waals surface area (Å²) in [4.78, 5) is 12.2. The number of carbonyl (C=O) groups is 1. The number of aromatic nitrogens is 1. The van der Waals surface area contributed by atoms with Gasteiger partial charge in [-0.3, -0.25) is 4.79 Å². The lowest BCUT2D eigenvalue weighted by molar-refractivity contribution is 0.0973. The van der Waals surface area contributed by atoms with Crippen LogP contribution in [0.3, 0.4) is 0 Å². The summed E-state index contributed by atoms with van der Waals surface area (Å²) in [5.41, 5.74) is 0.955. The fourth-order valence-corrected chi connectivity index (χ4v) is 2.38. The zero-order valence-corrected chi connectivity index (χ0v) is 11.6. The summed E-state index contributed by atoms with van der Waals surface area (Å²) < 4.78 is 27.8. The van der Waals surface area contributed by atoms with Gasteiger partial charge in [0.05, 0.1) is 6.54 Å². The molecule has 1 heterocycles. The van der Waals surface area contributed by atoms with Crippen molar-refractivity contribution in [2.24, 2.45) is 0 Å². The molecule has 106 valence electrons. The summed E-state index contributed by atoms with van der Waals surface area (Å²) in [6.45, 7) is 0.0366. The van der Waals surface area contributed by atoms with Crippen molar-refractivity contribution in [3.63, 3.8) is 0 Å². The van der Waals surface area contributed by atoms with Crippen LogP contribution in [0.2, 0.25) is 5.02 Å². The second kappa shape index (κ2) is 5.30. The highest BCUT2D eigenvalue weighted by atomic mass is 35.5. The number of Topliss-reactive ketones (excluding diaryl/α,β-unsaturated/α-hetero) is 1. The van der Waals surface area contributed by atoms with E-state index in [-0.39, 0.29) is 17.9 Å². The van der Waals surface area contributed by atoms with Gasteiger partial charge in [-0.25, -0.2) is 8.78 Å². The largest absolute Gasteiger partial charge is 0.340 e. The summed E-state index contributed by atoms with van der Waals surface area (Å²) in [5, 5.41) is 1.53. The Labute approximate surface area is 124 Å². The number of ketones is 1. The maximum Gasteiger partial charge on any atom is 0.182 e. The second-order valence-corrected chi connectivity index (χ2v) is 5.14. The predicted octanol–water partition coefficient (Wildman–Crippen LogP) is 4.46. The van der Waals surface area contributed by atoms with Crippen LogP contribution in [0.25, 0.3) is 10.9 Å². The van der Waals surface area contributed by atoms with Gasteiger partial charge < -0.3 is 4.57 Å². The van der Waals surface area contributed by atoms with Crippen LogP contribution < -0.4 is 0 Å². The van der Waals surface area contributed by atoms with E-state index in [1.165, 1.54) is 6.07 Å². The van der Waals surface area contributed by atoms with E-state index in [1.807, 2.05) is 12.1 Å². The summed E-state index contributed by atoms with van der Waals surface area (Å²) >= 11 is 5.95. The topological polar surface area (TPSA) is 22.0 Å². The van der Waals surface area contributed by atoms with Crippen molar-refractivity contribution in [1.82, 2.24) is 4.57 Å². The van der Waals surface area contributed by atoms with E-state index in [2.05, 4.69) is 0 Å². The summed E-state index contributed by atoms with van der Waals surface area (Å²) in [6, 6.07) is 10.4. The van der Waals surface area contributed by atoms with Crippen molar-refractivity contribution in [1.29, 1.82) is 0 Å². The summed E-state index contributed by atoms with van der Waals surface area (Å²) in [7, 11) is 0. The lowest BCUT2D eigenvalue weighted by Gasteiger charge is -2.06. The van der Waals surface area contributed by atoms with Gasteiger partial charge in [-0.05, 0) is 41.8 Å². The van der Waals surface area contributed by atoms with E-state index in [0.29, 0.717) is 5.02 Å². The van der Waals surface area contributed by atoms with Gasteiger partial charge in [0.25, 0.3) is 0 Å². The third kappa shape index (κ3) is 2.67.